The van der Waals surface area contributed by atoms with E-state index in [0.29, 0.717) is 28.6 Å². The molecule has 3 N–H and O–H groups in total. The molecule has 0 amide bonds. The van der Waals surface area contributed by atoms with Gasteiger partial charge in [0.15, 0.2) is 0 Å². The fraction of sp³-hybridized carbons (Fsp3) is 0.619. The number of ether oxygens (including phenoxy) is 4. The molecule has 4 bridgehead atoms. The van der Waals surface area contributed by atoms with Crippen LogP contribution >= 0.6 is 0 Å². The van der Waals surface area contributed by atoms with E-state index in [1.165, 1.54) is 56.2 Å². The van der Waals surface area contributed by atoms with E-state index in [1.807, 2.05) is 30.3 Å². The Morgan fingerprint density at radius 1 is 0.587 bits per heavy atom. The summed E-state index contributed by atoms with van der Waals surface area (Å²) in [6, 6.07) is 25.2. The molecule has 0 spiro atoms. The summed E-state index contributed by atoms with van der Waals surface area (Å²) >= 11 is 0. The van der Waals surface area contributed by atoms with E-state index in [0.717, 1.165) is 150 Å². The molecule has 0 heterocycles. The van der Waals surface area contributed by atoms with Crippen molar-refractivity contribution in [3.63, 3.8) is 0 Å². The normalized spacial score (nSPS) is 28.7. The maximum Gasteiger partial charge on any atom is 1.00 e. The van der Waals surface area contributed by atoms with Crippen LogP contribution in [-0.2, 0) is 25.6 Å². The summed E-state index contributed by atoms with van der Waals surface area (Å²) in [7, 11) is 3.01. The Balaban J connectivity index is 0.000000223. The minimum Gasteiger partial charge on any atom is -0.512 e. The number of hydrogen-bond acceptors (Lipinski definition) is 10. The minimum absolute atomic E-state index is 0. The van der Waals surface area contributed by atoms with Gasteiger partial charge in [-0.3, -0.25) is 14.4 Å². The van der Waals surface area contributed by atoms with Crippen molar-refractivity contribution in [3.05, 3.63) is 90.5 Å². The monoisotopic (exact) mass is 1030 g/mol. The summed E-state index contributed by atoms with van der Waals surface area (Å²) in [4.78, 5) is 34.7. The fourth-order valence-electron chi connectivity index (χ4n) is 13.3. The average molecular weight is 1030 g/mol. The van der Waals surface area contributed by atoms with Crippen LogP contribution in [0, 0.1) is 45.3 Å². The molecule has 8 fully saturated rings. The van der Waals surface area contributed by atoms with Gasteiger partial charge in [0.1, 0.15) is 17.8 Å². The zero-order valence-electron chi connectivity index (χ0n) is 47.1. The molecule has 75 heavy (non-hydrogen) atoms. The van der Waals surface area contributed by atoms with E-state index in [-0.39, 0.29) is 71.8 Å². The Hall–Kier alpha value is -3.92. The Bertz CT molecular complexity index is 2500. The Morgan fingerprint density at radius 3 is 1.36 bits per heavy atom. The predicted molar refractivity (Wildman–Crippen MR) is 296 cm³/mol. The van der Waals surface area contributed by atoms with Gasteiger partial charge in [-0.1, -0.05) is 77.9 Å². The molecule has 4 aromatic carbocycles. The van der Waals surface area contributed by atoms with Crippen LogP contribution in [0.1, 0.15) is 186 Å². The first-order valence-electron chi connectivity index (χ1n) is 27.5. The molecule has 0 atom stereocenters. The quantitative estimate of drug-likeness (QED) is 0.0680. The zero-order chi connectivity index (χ0) is 52.7. The number of nitrogens with zero attached hydrogens (tertiary/aromatic N) is 1. The Morgan fingerprint density at radius 2 is 0.960 bits per heavy atom. The van der Waals surface area contributed by atoms with E-state index in [1.54, 1.807) is 0 Å². The van der Waals surface area contributed by atoms with Gasteiger partial charge < -0.3 is 41.8 Å². The number of aldehydes is 1. The number of esters is 2. The SMILES string of the molecule is CC(C)(C)C1CCC(Oc2ccc3cc(C=O)ccc3c2)CC1.COC(=O)C12CCC(N)(CC1)CC2.COC(=O)C12CCC(NCc3ccc4cc(OC5CCC(C(C)(C)C)CC5)ccc4c3)(CC1)CC2.[B].[C-]#N.[Na+]. The number of carbonyl (C=O) groups excluding carboxylic acids is 3. The Kier molecular flexibility index (Phi) is 21.6. The predicted octanol–water partition coefficient (Wildman–Crippen LogP) is 10.7. The first-order valence-corrected chi connectivity index (χ1v) is 27.5. The molecule has 0 saturated heterocycles. The summed E-state index contributed by atoms with van der Waals surface area (Å²) in [5, 5.41) is 14.8. The van der Waals surface area contributed by atoms with Crippen LogP contribution in [0.15, 0.2) is 72.8 Å². The van der Waals surface area contributed by atoms with Gasteiger partial charge in [-0.25, -0.2) is 0 Å². The van der Waals surface area contributed by atoms with Crippen LogP contribution in [-0.4, -0.2) is 64.1 Å². The molecule has 8 aliphatic carbocycles. The zero-order valence-corrected chi connectivity index (χ0v) is 49.1. The Labute approximate surface area is 473 Å². The molecule has 0 aliphatic heterocycles. The number of nitrogens with one attached hydrogen (secondary N) is 1. The van der Waals surface area contributed by atoms with E-state index in [9.17, 15) is 14.4 Å². The van der Waals surface area contributed by atoms with Crippen LogP contribution in [0.4, 0.5) is 0 Å². The topological polar surface area (TPSA) is 150 Å². The third kappa shape index (κ3) is 15.2. The number of nitrogens with two attached hydrogens (primary N) is 1. The summed E-state index contributed by atoms with van der Waals surface area (Å²) in [6.45, 7) is 19.8. The molecular weight excluding hydrogens is 945 g/mol. The van der Waals surface area contributed by atoms with E-state index in [2.05, 4.69) is 89.3 Å². The third-order valence-corrected chi connectivity index (χ3v) is 18.7. The summed E-state index contributed by atoms with van der Waals surface area (Å²) in [5.74, 6) is 3.54. The van der Waals surface area contributed by atoms with Gasteiger partial charge >= 0.3 is 41.5 Å². The standard InChI is InChI=1S/C31H43NO3.C21H26O2.C10H17NO2.CN.B.Na/c1-29(2,3)25-8-11-26(12-9-25)35-27-10-7-23-19-22(5-6-24(23)20-27)21-32-31-16-13-30(14-17-31,15-18-31)28(33)34-4;1-21(2,3)18-7-10-19(11-8-18)23-20-9-6-16-12-15(14-22)4-5-17(16)13-20;1-13-8(12)9-2-5-10(11,6-3-9)7-4-9;1-2;;/h5-7,10,19-20,25-26,32H,8-9,11-18,21H2,1-4H3;4-6,9,12-14,18-19H,7-8,10-11H2,1-3H3;2-7,11H2,1H3;;;/q;;;-1;;+1. The third-order valence-electron chi connectivity index (χ3n) is 18.7. The number of fused-ring (bicyclic) bond motifs is 8. The van der Waals surface area contributed by atoms with Gasteiger partial charge in [0.05, 0.1) is 37.3 Å². The van der Waals surface area contributed by atoms with Gasteiger partial charge in [-0.15, -0.1) is 0 Å². The summed E-state index contributed by atoms with van der Waals surface area (Å²) in [6.07, 6.45) is 23.0. The number of benzene rings is 4. The van der Waals surface area contributed by atoms with Crippen LogP contribution in [0.25, 0.3) is 21.5 Å². The maximum absolute atomic E-state index is 12.3. The van der Waals surface area contributed by atoms with Crippen molar-refractivity contribution in [3.8, 4) is 11.5 Å². The minimum atomic E-state index is -0.215. The number of hydrogen-bond donors (Lipinski definition) is 2. The summed E-state index contributed by atoms with van der Waals surface area (Å²) in [5.41, 5.74) is 8.81. The molecule has 4 aromatic rings. The second-order valence-corrected chi connectivity index (χ2v) is 25.2. The van der Waals surface area contributed by atoms with Crippen LogP contribution in [0.3, 0.4) is 0 Å². The van der Waals surface area contributed by atoms with Gasteiger partial charge in [0.2, 0.25) is 0 Å². The average Bonchev–Trinajstić information content (AvgIpc) is 3.41. The van der Waals surface area contributed by atoms with Gasteiger partial charge in [0, 0.05) is 31.6 Å². The van der Waals surface area contributed by atoms with Crippen LogP contribution in [0.5, 0.6) is 11.5 Å². The molecule has 3 radical (unpaired) electrons. The molecule has 399 valence electrons. The first-order chi connectivity index (χ1) is 34.8. The van der Waals surface area contributed by atoms with Crippen molar-refractivity contribution in [2.45, 2.75) is 200 Å². The fourth-order valence-corrected chi connectivity index (χ4v) is 13.3. The van der Waals surface area contributed by atoms with E-state index in [4.69, 9.17) is 36.5 Å². The second-order valence-electron chi connectivity index (χ2n) is 25.2. The van der Waals surface area contributed by atoms with Gasteiger partial charge in [-0.2, -0.15) is 0 Å². The molecule has 0 aromatic heterocycles. The van der Waals surface area contributed by atoms with Crippen molar-refractivity contribution in [2.75, 3.05) is 14.2 Å². The van der Waals surface area contributed by atoms with Crippen molar-refractivity contribution in [1.29, 1.82) is 5.26 Å². The smallest absolute Gasteiger partial charge is 0.512 e. The van der Waals surface area contributed by atoms with Crippen LogP contribution in [0.2, 0.25) is 0 Å². The molecule has 8 saturated carbocycles. The van der Waals surface area contributed by atoms with Crippen molar-refractivity contribution in [1.82, 2.24) is 5.32 Å². The van der Waals surface area contributed by atoms with Crippen molar-refractivity contribution in [2.24, 2.45) is 39.2 Å². The number of rotatable bonds is 10. The largest absolute Gasteiger partial charge is 1.00 e. The number of methoxy groups -OCH3 is 2. The van der Waals surface area contributed by atoms with Gasteiger partial charge in [0.25, 0.3) is 0 Å². The number of carbonyl (C=O) groups is 3. The maximum atomic E-state index is 12.3. The molecule has 0 unspecified atom stereocenters. The van der Waals surface area contributed by atoms with Crippen molar-refractivity contribution < 1.29 is 62.9 Å². The molecular formula is C63H86BN3NaO7. The molecule has 10 nitrogen and oxygen atoms in total. The van der Waals surface area contributed by atoms with Crippen molar-refractivity contribution >= 4 is 48.2 Å². The van der Waals surface area contributed by atoms with Crippen LogP contribution < -0.4 is 50.1 Å². The van der Waals surface area contributed by atoms with Gasteiger partial charge in [-0.05, 0) is 215 Å². The summed E-state index contributed by atoms with van der Waals surface area (Å²) < 4.78 is 22.6. The molecule has 12 heteroatoms. The molecule has 12 rings (SSSR count). The first kappa shape index (κ1) is 61.9. The van der Waals surface area contributed by atoms with E-state index < -0.39 is 0 Å². The van der Waals surface area contributed by atoms with E-state index >= 15 is 0 Å². The second kappa shape index (κ2) is 26.2. The molecule has 8 aliphatic rings.